The number of quaternary nitrogens is 1. The first-order chi connectivity index (χ1) is 9.83. The molecule has 3 N–H and O–H groups in total. The topological polar surface area (TPSA) is 34.4 Å². The normalized spacial score (nSPS) is 12.7. The fraction of sp³-hybridized carbons (Fsp3) is 0.235. The van der Waals surface area contributed by atoms with E-state index in [1.807, 2.05) is 12.3 Å². The minimum absolute atomic E-state index is 1.05. The van der Waals surface area contributed by atoms with Gasteiger partial charge in [0.05, 0.1) is 20.0 Å². The summed E-state index contributed by atoms with van der Waals surface area (Å²) in [7, 11) is 2.25. The van der Waals surface area contributed by atoms with Crippen LogP contribution in [-0.2, 0) is 13.0 Å². The molecule has 0 bridgehead atoms. The third-order valence-corrected chi connectivity index (χ3v) is 3.76. The number of H-pyrrole nitrogens is 2. The third kappa shape index (κ3) is 2.89. The average Bonchev–Trinajstić information content (AvgIpc) is 2.90. The minimum atomic E-state index is 1.05. The summed E-state index contributed by atoms with van der Waals surface area (Å²) in [6.45, 7) is 2.18. The predicted octanol–water partition coefficient (Wildman–Crippen LogP) is 1.24. The molecule has 0 spiro atoms. The number of aromatic amines is 2. The molecule has 1 unspecified atom stereocenters. The highest BCUT2D eigenvalue weighted by Crippen LogP contribution is 2.16. The summed E-state index contributed by atoms with van der Waals surface area (Å²) in [5, 5.41) is 1.35. The molecular weight excluding hydrogens is 246 g/mol. The van der Waals surface area contributed by atoms with Crippen molar-refractivity contribution >= 4 is 10.9 Å². The lowest BCUT2D eigenvalue weighted by Crippen LogP contribution is -3.07. The molecule has 2 heterocycles. The maximum absolute atomic E-state index is 3.35. The first-order valence-electron chi connectivity index (χ1n) is 7.15. The Kier molecular flexibility index (Phi) is 3.79. The van der Waals surface area contributed by atoms with Crippen molar-refractivity contribution in [1.82, 2.24) is 4.98 Å². The predicted molar refractivity (Wildman–Crippen MR) is 80.5 cm³/mol. The van der Waals surface area contributed by atoms with Gasteiger partial charge in [0.2, 0.25) is 0 Å². The highest BCUT2D eigenvalue weighted by atomic mass is 15.1. The van der Waals surface area contributed by atoms with Gasteiger partial charge in [-0.25, -0.2) is 4.98 Å². The summed E-state index contributed by atoms with van der Waals surface area (Å²) in [5.41, 5.74) is 3.92. The smallest absolute Gasteiger partial charge is 0.185 e. The van der Waals surface area contributed by atoms with Crippen LogP contribution in [0.5, 0.6) is 0 Å². The molecule has 1 aromatic carbocycles. The van der Waals surface area contributed by atoms with Gasteiger partial charge in [-0.1, -0.05) is 24.3 Å². The monoisotopic (exact) mass is 267 g/mol. The molecule has 3 rings (SSSR count). The zero-order chi connectivity index (χ0) is 13.8. The molecular formula is C17H21N3+2. The molecule has 3 nitrogen and oxygen atoms in total. The van der Waals surface area contributed by atoms with E-state index in [-0.39, 0.29) is 0 Å². The van der Waals surface area contributed by atoms with Crippen LogP contribution in [0.1, 0.15) is 11.3 Å². The summed E-state index contributed by atoms with van der Waals surface area (Å²) in [6.07, 6.45) is 5.21. The second-order valence-electron chi connectivity index (χ2n) is 5.38. The van der Waals surface area contributed by atoms with Crippen LogP contribution in [0.15, 0.2) is 54.9 Å². The number of fused-ring (bicyclic) bond motifs is 1. The van der Waals surface area contributed by atoms with E-state index in [2.05, 4.69) is 59.6 Å². The van der Waals surface area contributed by atoms with E-state index < -0.39 is 0 Å². The fourth-order valence-electron chi connectivity index (χ4n) is 2.63. The summed E-state index contributed by atoms with van der Waals surface area (Å²) in [5.74, 6) is 0. The van der Waals surface area contributed by atoms with Crippen LogP contribution >= 0.6 is 0 Å². The van der Waals surface area contributed by atoms with Crippen molar-refractivity contribution in [2.45, 2.75) is 13.0 Å². The molecule has 0 aliphatic carbocycles. The summed E-state index contributed by atoms with van der Waals surface area (Å²) >= 11 is 0. The Hall–Kier alpha value is -2.13. The van der Waals surface area contributed by atoms with Gasteiger partial charge in [0.1, 0.15) is 6.54 Å². The van der Waals surface area contributed by atoms with Crippen LogP contribution in [0.4, 0.5) is 0 Å². The van der Waals surface area contributed by atoms with Gasteiger partial charge in [-0.05, 0) is 6.07 Å². The summed E-state index contributed by atoms with van der Waals surface area (Å²) in [4.78, 5) is 8.16. The second-order valence-corrected chi connectivity index (χ2v) is 5.38. The van der Waals surface area contributed by atoms with Crippen molar-refractivity contribution in [1.29, 1.82) is 0 Å². The zero-order valence-electron chi connectivity index (χ0n) is 11.8. The number of pyridine rings is 1. The molecule has 0 radical (unpaired) electrons. The number of aromatic nitrogens is 2. The Balaban J connectivity index is 1.63. The standard InChI is InChI=1S/C17H19N3/c1-20(11-9-15-6-4-5-10-18-15)13-14-12-19-17-8-3-2-7-16(14)17/h2-8,10,12,19H,9,11,13H2,1H3/p+2. The van der Waals surface area contributed by atoms with Crippen molar-refractivity contribution in [2.75, 3.05) is 13.6 Å². The third-order valence-electron chi connectivity index (χ3n) is 3.76. The van der Waals surface area contributed by atoms with Crippen LogP contribution in [-0.4, -0.2) is 18.6 Å². The lowest BCUT2D eigenvalue weighted by molar-refractivity contribution is -0.893. The van der Waals surface area contributed by atoms with Crippen LogP contribution in [0.2, 0.25) is 0 Å². The lowest BCUT2D eigenvalue weighted by atomic mass is 10.1. The van der Waals surface area contributed by atoms with Crippen molar-refractivity contribution in [3.8, 4) is 0 Å². The van der Waals surface area contributed by atoms with Crippen LogP contribution in [0.3, 0.4) is 0 Å². The summed E-state index contributed by atoms with van der Waals surface area (Å²) < 4.78 is 0. The number of hydrogen-bond donors (Lipinski definition) is 2. The average molecular weight is 267 g/mol. The first-order valence-corrected chi connectivity index (χ1v) is 7.15. The van der Waals surface area contributed by atoms with Crippen molar-refractivity contribution in [3.63, 3.8) is 0 Å². The van der Waals surface area contributed by atoms with E-state index in [1.54, 1.807) is 0 Å². The molecule has 3 heteroatoms. The quantitative estimate of drug-likeness (QED) is 0.697. The molecule has 20 heavy (non-hydrogen) atoms. The van der Waals surface area contributed by atoms with Crippen molar-refractivity contribution in [2.24, 2.45) is 0 Å². The number of para-hydroxylation sites is 1. The van der Waals surface area contributed by atoms with Gasteiger partial charge in [0.25, 0.3) is 0 Å². The maximum atomic E-state index is 3.35. The SMILES string of the molecule is C[NH+](CCc1cccc[nH+]1)Cc1c[nH]c2ccccc12. The number of benzene rings is 1. The lowest BCUT2D eigenvalue weighted by Gasteiger charge is -2.12. The molecule has 0 aliphatic rings. The van der Waals surface area contributed by atoms with Gasteiger partial charge >= 0.3 is 0 Å². The first kappa shape index (κ1) is 12.9. The Morgan fingerprint density at radius 2 is 1.95 bits per heavy atom. The van der Waals surface area contributed by atoms with E-state index in [1.165, 1.54) is 27.1 Å². The van der Waals surface area contributed by atoms with Crippen LogP contribution in [0, 0.1) is 0 Å². The van der Waals surface area contributed by atoms with Crippen molar-refractivity contribution in [3.05, 3.63) is 66.1 Å². The highest BCUT2D eigenvalue weighted by Gasteiger charge is 2.10. The highest BCUT2D eigenvalue weighted by molar-refractivity contribution is 5.82. The molecule has 0 amide bonds. The Morgan fingerprint density at radius 3 is 2.80 bits per heavy atom. The van der Waals surface area contributed by atoms with E-state index >= 15 is 0 Å². The fourth-order valence-corrected chi connectivity index (χ4v) is 2.63. The molecule has 2 aromatic heterocycles. The Labute approximate surface area is 119 Å². The second kappa shape index (κ2) is 5.88. The molecule has 1 atom stereocenters. The molecule has 0 saturated carbocycles. The van der Waals surface area contributed by atoms with Gasteiger partial charge < -0.3 is 9.88 Å². The van der Waals surface area contributed by atoms with E-state index in [0.29, 0.717) is 0 Å². The molecule has 102 valence electrons. The number of hydrogen-bond acceptors (Lipinski definition) is 0. The number of rotatable bonds is 5. The van der Waals surface area contributed by atoms with Crippen LogP contribution in [0.25, 0.3) is 10.9 Å². The van der Waals surface area contributed by atoms with Crippen LogP contribution < -0.4 is 9.88 Å². The van der Waals surface area contributed by atoms with E-state index in [4.69, 9.17) is 0 Å². The maximum Gasteiger partial charge on any atom is 0.185 e. The largest absolute Gasteiger partial charge is 0.361 e. The van der Waals surface area contributed by atoms with Gasteiger partial charge in [0, 0.05) is 34.8 Å². The number of nitrogens with one attached hydrogen (secondary N) is 3. The van der Waals surface area contributed by atoms with Gasteiger partial charge in [-0.15, -0.1) is 0 Å². The zero-order valence-corrected chi connectivity index (χ0v) is 11.8. The van der Waals surface area contributed by atoms with Gasteiger partial charge in [-0.2, -0.15) is 0 Å². The minimum Gasteiger partial charge on any atom is -0.361 e. The number of likely N-dealkylation sites (N-methyl/N-ethyl adjacent to an activating group) is 1. The van der Waals surface area contributed by atoms with Crippen molar-refractivity contribution < 1.29 is 9.88 Å². The molecule has 0 fully saturated rings. The molecule has 3 aromatic rings. The van der Waals surface area contributed by atoms with E-state index in [9.17, 15) is 0 Å². The van der Waals surface area contributed by atoms with Gasteiger partial charge in [-0.3, -0.25) is 0 Å². The van der Waals surface area contributed by atoms with E-state index in [0.717, 1.165) is 19.5 Å². The molecule has 0 saturated heterocycles. The Morgan fingerprint density at radius 1 is 1.10 bits per heavy atom. The molecule has 0 aliphatic heterocycles. The summed E-state index contributed by atoms with van der Waals surface area (Å²) in [6, 6.07) is 14.8. The van der Waals surface area contributed by atoms with Gasteiger partial charge in [0.15, 0.2) is 11.9 Å². The Bertz CT molecular complexity index is 673.